The summed E-state index contributed by atoms with van der Waals surface area (Å²) in [6, 6.07) is 7.07. The van der Waals surface area contributed by atoms with Crippen molar-refractivity contribution in [2.45, 2.75) is 46.7 Å². The molecule has 1 aromatic heterocycles. The molecule has 6 heteroatoms. The number of carbonyl (C=O) groups excluding carboxylic acids is 2. The fourth-order valence-electron chi connectivity index (χ4n) is 3.07. The van der Waals surface area contributed by atoms with E-state index >= 15 is 0 Å². The third-order valence-corrected chi connectivity index (χ3v) is 5.47. The van der Waals surface area contributed by atoms with E-state index in [2.05, 4.69) is 24.1 Å². The van der Waals surface area contributed by atoms with Crippen LogP contribution >= 0.6 is 11.3 Å². The Morgan fingerprint density at radius 2 is 2.04 bits per heavy atom. The first-order valence-corrected chi connectivity index (χ1v) is 9.32. The summed E-state index contributed by atoms with van der Waals surface area (Å²) >= 11 is 1.46. The first-order chi connectivity index (χ1) is 11.9. The summed E-state index contributed by atoms with van der Waals surface area (Å²) in [6.45, 7) is 8.51. The van der Waals surface area contributed by atoms with Crippen LogP contribution in [0.4, 0.5) is 5.13 Å². The molecule has 0 fully saturated rings. The molecule has 0 spiro atoms. The van der Waals surface area contributed by atoms with Gasteiger partial charge in [-0.05, 0) is 37.8 Å². The lowest BCUT2D eigenvalue weighted by molar-refractivity contribution is -0.121. The highest BCUT2D eigenvalue weighted by Gasteiger charge is 2.36. The van der Waals surface area contributed by atoms with E-state index in [0.717, 1.165) is 16.1 Å². The van der Waals surface area contributed by atoms with Crippen molar-refractivity contribution in [3.8, 4) is 0 Å². The van der Waals surface area contributed by atoms with Crippen LogP contribution in [-0.4, -0.2) is 27.7 Å². The predicted octanol–water partition coefficient (Wildman–Crippen LogP) is 3.77. The number of amides is 2. The zero-order valence-electron chi connectivity index (χ0n) is 15.0. The van der Waals surface area contributed by atoms with Gasteiger partial charge in [0.25, 0.3) is 5.91 Å². The number of nitrogens with one attached hydrogen (secondary N) is 1. The number of fused-ring (bicyclic) bond motifs is 1. The van der Waals surface area contributed by atoms with Crippen LogP contribution in [0.2, 0.25) is 0 Å². The lowest BCUT2D eigenvalue weighted by atomic mass is 10.0. The molecule has 132 valence electrons. The van der Waals surface area contributed by atoms with Crippen molar-refractivity contribution in [3.05, 3.63) is 46.0 Å². The number of hydrogen-bond acceptors (Lipinski definition) is 4. The summed E-state index contributed by atoms with van der Waals surface area (Å²) in [4.78, 5) is 32.8. The number of aryl methyl sites for hydroxylation is 2. The zero-order chi connectivity index (χ0) is 18.1. The fraction of sp³-hybridized carbons (Fsp3) is 0.421. The van der Waals surface area contributed by atoms with Gasteiger partial charge in [0.1, 0.15) is 6.04 Å². The summed E-state index contributed by atoms with van der Waals surface area (Å²) in [5, 5.41) is 3.50. The number of anilines is 1. The Hall–Kier alpha value is -2.21. The zero-order valence-corrected chi connectivity index (χ0v) is 15.8. The highest BCUT2D eigenvalue weighted by atomic mass is 32.1. The SMILES string of the molecule is Cc1nc(NC(=O)C(CC(C)C)N2Cc3ccccc3C2=O)sc1C. The van der Waals surface area contributed by atoms with Crippen molar-refractivity contribution in [2.24, 2.45) is 5.92 Å². The Morgan fingerprint density at radius 1 is 1.32 bits per heavy atom. The molecule has 1 atom stereocenters. The highest BCUT2D eigenvalue weighted by Crippen LogP contribution is 2.28. The predicted molar refractivity (Wildman–Crippen MR) is 99.8 cm³/mol. The lowest BCUT2D eigenvalue weighted by Crippen LogP contribution is -2.45. The topological polar surface area (TPSA) is 62.3 Å². The number of thiazole rings is 1. The molecule has 0 aliphatic carbocycles. The Balaban J connectivity index is 1.83. The number of rotatable bonds is 5. The lowest BCUT2D eigenvalue weighted by Gasteiger charge is -2.27. The van der Waals surface area contributed by atoms with Crippen LogP contribution in [0.25, 0.3) is 0 Å². The maximum atomic E-state index is 12.9. The van der Waals surface area contributed by atoms with E-state index in [1.165, 1.54) is 11.3 Å². The van der Waals surface area contributed by atoms with Crippen molar-refractivity contribution >= 4 is 28.3 Å². The van der Waals surface area contributed by atoms with E-state index in [1.54, 1.807) is 4.90 Å². The maximum Gasteiger partial charge on any atom is 0.255 e. The van der Waals surface area contributed by atoms with Crippen LogP contribution < -0.4 is 5.32 Å². The number of carbonyl (C=O) groups is 2. The normalized spacial score (nSPS) is 14.8. The van der Waals surface area contributed by atoms with Gasteiger partial charge < -0.3 is 10.2 Å². The monoisotopic (exact) mass is 357 g/mol. The van der Waals surface area contributed by atoms with Crippen LogP contribution in [0, 0.1) is 19.8 Å². The Bertz CT molecular complexity index is 793. The summed E-state index contributed by atoms with van der Waals surface area (Å²) in [7, 11) is 0. The Morgan fingerprint density at radius 3 is 2.64 bits per heavy atom. The number of aromatic nitrogens is 1. The van der Waals surface area contributed by atoms with Crippen molar-refractivity contribution in [1.82, 2.24) is 9.88 Å². The molecular weight excluding hydrogens is 334 g/mol. The molecule has 2 heterocycles. The van der Waals surface area contributed by atoms with E-state index in [0.29, 0.717) is 29.6 Å². The summed E-state index contributed by atoms with van der Waals surface area (Å²) in [6.07, 6.45) is 0.620. The molecule has 25 heavy (non-hydrogen) atoms. The fourth-order valence-corrected chi connectivity index (χ4v) is 3.88. The molecule has 1 aromatic carbocycles. The van der Waals surface area contributed by atoms with Gasteiger partial charge in [0.15, 0.2) is 5.13 Å². The molecule has 0 saturated heterocycles. The number of nitrogens with zero attached hydrogens (tertiary/aromatic N) is 2. The van der Waals surface area contributed by atoms with E-state index < -0.39 is 6.04 Å². The summed E-state index contributed by atoms with van der Waals surface area (Å²) in [5.74, 6) is 0.0681. The number of benzene rings is 1. The van der Waals surface area contributed by atoms with Gasteiger partial charge in [-0.3, -0.25) is 9.59 Å². The highest BCUT2D eigenvalue weighted by molar-refractivity contribution is 7.15. The first-order valence-electron chi connectivity index (χ1n) is 8.50. The standard InChI is InChI=1S/C19H23N3O2S/c1-11(2)9-16(17(23)21-19-20-12(3)13(4)25-19)22-10-14-7-5-6-8-15(14)18(22)24/h5-8,11,16H,9-10H2,1-4H3,(H,20,21,23). The minimum Gasteiger partial charge on any atom is -0.322 e. The van der Waals surface area contributed by atoms with Gasteiger partial charge in [0.05, 0.1) is 5.69 Å². The van der Waals surface area contributed by atoms with Crippen LogP contribution in [0.1, 0.15) is 46.8 Å². The quantitative estimate of drug-likeness (QED) is 0.886. The molecular formula is C19H23N3O2S. The second-order valence-corrected chi connectivity index (χ2v) is 8.09. The Kier molecular flexibility index (Phi) is 4.90. The average Bonchev–Trinajstić information content (AvgIpc) is 3.05. The molecule has 2 amide bonds. The minimum absolute atomic E-state index is 0.0668. The molecule has 1 aliphatic heterocycles. The van der Waals surface area contributed by atoms with Gasteiger partial charge in [-0.15, -0.1) is 11.3 Å². The third-order valence-electron chi connectivity index (χ3n) is 4.48. The van der Waals surface area contributed by atoms with Gasteiger partial charge in [-0.25, -0.2) is 4.98 Å². The van der Waals surface area contributed by atoms with E-state index in [9.17, 15) is 9.59 Å². The van der Waals surface area contributed by atoms with Crippen LogP contribution in [0.5, 0.6) is 0 Å². The maximum absolute atomic E-state index is 12.9. The average molecular weight is 357 g/mol. The molecule has 3 rings (SSSR count). The van der Waals surface area contributed by atoms with Crippen molar-refractivity contribution in [2.75, 3.05) is 5.32 Å². The van der Waals surface area contributed by atoms with E-state index in [4.69, 9.17) is 0 Å². The van der Waals surface area contributed by atoms with Gasteiger partial charge in [-0.2, -0.15) is 0 Å². The molecule has 1 N–H and O–H groups in total. The molecule has 0 saturated carbocycles. The van der Waals surface area contributed by atoms with Crippen molar-refractivity contribution in [3.63, 3.8) is 0 Å². The van der Waals surface area contributed by atoms with Gasteiger partial charge >= 0.3 is 0 Å². The van der Waals surface area contributed by atoms with Crippen molar-refractivity contribution in [1.29, 1.82) is 0 Å². The van der Waals surface area contributed by atoms with Crippen LogP contribution in [0.15, 0.2) is 24.3 Å². The molecule has 5 nitrogen and oxygen atoms in total. The first kappa shape index (κ1) is 17.6. The molecule has 1 aliphatic rings. The van der Waals surface area contributed by atoms with Gasteiger partial charge in [-0.1, -0.05) is 32.0 Å². The van der Waals surface area contributed by atoms with Gasteiger partial charge in [0, 0.05) is 17.0 Å². The van der Waals surface area contributed by atoms with Crippen molar-refractivity contribution < 1.29 is 9.59 Å². The molecule has 1 unspecified atom stereocenters. The second kappa shape index (κ2) is 6.96. The second-order valence-electron chi connectivity index (χ2n) is 6.89. The Labute approximate surface area is 152 Å². The largest absolute Gasteiger partial charge is 0.322 e. The summed E-state index contributed by atoms with van der Waals surface area (Å²) < 4.78 is 0. The van der Waals surface area contributed by atoms with E-state index in [-0.39, 0.29) is 11.8 Å². The summed E-state index contributed by atoms with van der Waals surface area (Å²) in [5.41, 5.74) is 2.60. The molecule has 0 bridgehead atoms. The smallest absolute Gasteiger partial charge is 0.255 e. The third kappa shape index (κ3) is 3.58. The van der Waals surface area contributed by atoms with Crippen LogP contribution in [-0.2, 0) is 11.3 Å². The number of hydrogen-bond donors (Lipinski definition) is 1. The molecule has 0 radical (unpaired) electrons. The molecule has 2 aromatic rings. The van der Waals surface area contributed by atoms with Crippen LogP contribution in [0.3, 0.4) is 0 Å². The van der Waals surface area contributed by atoms with Gasteiger partial charge in [0.2, 0.25) is 5.91 Å². The minimum atomic E-state index is -0.496. The van der Waals surface area contributed by atoms with E-state index in [1.807, 2.05) is 38.1 Å².